The van der Waals surface area contributed by atoms with Crippen molar-refractivity contribution in [3.8, 4) is 0 Å². The average Bonchev–Trinajstić information content (AvgIpc) is 3.35. The fraction of sp³-hybridized carbons (Fsp3) is 0.654. The second kappa shape index (κ2) is 10.7. The first-order valence-corrected chi connectivity index (χ1v) is 12.4. The third-order valence-electron chi connectivity index (χ3n) is 6.54. The molecule has 3 N–H and O–H groups in total. The molecule has 3 amide bonds. The zero-order chi connectivity index (χ0) is 26.8. The Kier molecular flexibility index (Phi) is 8.30. The number of ether oxygens (including phenoxy) is 2. The largest absolute Gasteiger partial charge is 0.444 e. The third-order valence-corrected chi connectivity index (χ3v) is 6.54. The van der Waals surface area contributed by atoms with Crippen LogP contribution in [0.5, 0.6) is 0 Å². The van der Waals surface area contributed by atoms with Crippen LogP contribution < -0.4 is 11.1 Å². The number of alkyl carbamates (subject to hydrolysis) is 1. The van der Waals surface area contributed by atoms with Crippen molar-refractivity contribution in [3.05, 3.63) is 35.6 Å². The number of carbonyl (C=O) groups excluding carboxylic acids is 3. The lowest BCUT2D eigenvalue weighted by Gasteiger charge is -2.34. The number of likely N-dealkylation sites (tertiary alicyclic amines) is 2. The molecule has 1 aromatic carbocycles. The van der Waals surface area contributed by atoms with Crippen LogP contribution in [0.25, 0.3) is 0 Å². The highest BCUT2D eigenvalue weighted by Gasteiger charge is 2.53. The van der Waals surface area contributed by atoms with E-state index in [9.17, 15) is 18.8 Å². The zero-order valence-corrected chi connectivity index (χ0v) is 22.0. The Morgan fingerprint density at radius 3 is 2.33 bits per heavy atom. The predicted octanol–water partition coefficient (Wildman–Crippen LogP) is 2.42. The number of nitrogens with one attached hydrogen (secondary N) is 1. The predicted molar refractivity (Wildman–Crippen MR) is 132 cm³/mol. The van der Waals surface area contributed by atoms with E-state index < -0.39 is 29.3 Å². The smallest absolute Gasteiger partial charge is 0.408 e. The van der Waals surface area contributed by atoms with Crippen molar-refractivity contribution in [2.75, 3.05) is 19.6 Å². The summed E-state index contributed by atoms with van der Waals surface area (Å²) in [6.45, 7) is 11.7. The molecule has 10 heteroatoms. The lowest BCUT2D eigenvalue weighted by Crippen LogP contribution is -2.55. The van der Waals surface area contributed by atoms with Gasteiger partial charge in [-0.05, 0) is 50.3 Å². The summed E-state index contributed by atoms with van der Waals surface area (Å²) >= 11 is 0. The molecule has 0 saturated carbocycles. The summed E-state index contributed by atoms with van der Waals surface area (Å²) in [6.07, 6.45) is -0.541. The van der Waals surface area contributed by atoms with Crippen LogP contribution in [-0.2, 0) is 25.7 Å². The first kappa shape index (κ1) is 27.9. The van der Waals surface area contributed by atoms with Crippen LogP contribution in [0.3, 0.4) is 0 Å². The number of hydrogen-bond acceptors (Lipinski definition) is 6. The number of nitrogens with zero attached hydrogens (tertiary/aromatic N) is 2. The highest BCUT2D eigenvalue weighted by atomic mass is 19.1. The molecule has 0 aliphatic carbocycles. The molecule has 1 aromatic rings. The molecule has 2 aliphatic heterocycles. The maximum Gasteiger partial charge on any atom is 0.408 e. The number of halogens is 1. The molecule has 0 spiro atoms. The van der Waals surface area contributed by atoms with Gasteiger partial charge in [0.05, 0.1) is 30.8 Å². The van der Waals surface area contributed by atoms with Gasteiger partial charge in [-0.1, -0.05) is 32.9 Å². The molecule has 1 unspecified atom stereocenters. The molecule has 200 valence electrons. The summed E-state index contributed by atoms with van der Waals surface area (Å²) in [4.78, 5) is 41.9. The second-order valence-corrected chi connectivity index (χ2v) is 11.6. The van der Waals surface area contributed by atoms with Gasteiger partial charge in [0.25, 0.3) is 0 Å². The molecule has 2 saturated heterocycles. The Hall–Kier alpha value is -2.72. The first-order valence-electron chi connectivity index (χ1n) is 12.4. The number of nitrogens with two attached hydrogens (primary N) is 1. The van der Waals surface area contributed by atoms with Crippen LogP contribution in [0, 0.1) is 11.2 Å². The van der Waals surface area contributed by atoms with Crippen LogP contribution >= 0.6 is 0 Å². The summed E-state index contributed by atoms with van der Waals surface area (Å²) in [6, 6.07) is 4.69. The van der Waals surface area contributed by atoms with Gasteiger partial charge in [-0.15, -0.1) is 0 Å². The number of amides is 3. The highest BCUT2D eigenvalue weighted by molar-refractivity contribution is 5.85. The second-order valence-electron chi connectivity index (χ2n) is 11.6. The fourth-order valence-electron chi connectivity index (χ4n) is 4.62. The lowest BCUT2D eigenvalue weighted by atomic mass is 9.86. The molecule has 2 aliphatic rings. The molecule has 3 rings (SSSR count). The van der Waals surface area contributed by atoms with E-state index in [4.69, 9.17) is 15.2 Å². The van der Waals surface area contributed by atoms with Crippen molar-refractivity contribution in [2.24, 2.45) is 11.1 Å². The molecular weight excluding hydrogens is 467 g/mol. The number of fused-ring (bicyclic) bond motifs is 1. The number of benzene rings is 1. The standard InChI is InChI=1S/C26H39FN4O5/c1-25(2,3)22(28)23(33)30-12-11-18-21(30)19(35-15-16-7-9-17(27)10-8-16)14-31(18)20(32)13-29-24(34)36-26(4,5)6/h7-10,18-19,21-22H,11-15,28H2,1-6H3,(H,29,34)/t18-,19+,21+,22?/m1/s1. The number of hydrogen-bond donors (Lipinski definition) is 2. The minimum Gasteiger partial charge on any atom is -0.444 e. The van der Waals surface area contributed by atoms with Gasteiger partial charge in [-0.25, -0.2) is 9.18 Å². The minimum absolute atomic E-state index is 0.174. The molecule has 9 nitrogen and oxygen atoms in total. The summed E-state index contributed by atoms with van der Waals surface area (Å²) in [5.74, 6) is -0.789. The van der Waals surface area contributed by atoms with Gasteiger partial charge in [0, 0.05) is 13.1 Å². The fourth-order valence-corrected chi connectivity index (χ4v) is 4.62. The van der Waals surface area contributed by atoms with E-state index in [0.29, 0.717) is 13.0 Å². The van der Waals surface area contributed by atoms with Crippen LogP contribution in [-0.4, -0.2) is 77.2 Å². The minimum atomic E-state index is -0.701. The lowest BCUT2D eigenvalue weighted by molar-refractivity contribution is -0.138. The summed E-state index contributed by atoms with van der Waals surface area (Å²) in [5, 5.41) is 2.52. The first-order chi connectivity index (χ1) is 16.7. The van der Waals surface area contributed by atoms with E-state index >= 15 is 0 Å². The van der Waals surface area contributed by atoms with Crippen LogP contribution in [0.4, 0.5) is 9.18 Å². The van der Waals surface area contributed by atoms with Gasteiger partial charge in [-0.3, -0.25) is 9.59 Å². The quantitative estimate of drug-likeness (QED) is 0.613. The van der Waals surface area contributed by atoms with Crippen molar-refractivity contribution >= 4 is 17.9 Å². The van der Waals surface area contributed by atoms with Crippen LogP contribution in [0.15, 0.2) is 24.3 Å². The Morgan fingerprint density at radius 1 is 1.11 bits per heavy atom. The van der Waals surface area contributed by atoms with E-state index in [1.54, 1.807) is 42.7 Å². The van der Waals surface area contributed by atoms with Crippen molar-refractivity contribution in [1.82, 2.24) is 15.1 Å². The van der Waals surface area contributed by atoms with Gasteiger partial charge in [0.15, 0.2) is 0 Å². The van der Waals surface area contributed by atoms with E-state index in [1.807, 2.05) is 20.8 Å². The summed E-state index contributed by atoms with van der Waals surface area (Å²) in [5.41, 5.74) is 5.98. The van der Waals surface area contributed by atoms with Crippen molar-refractivity contribution in [1.29, 1.82) is 0 Å². The SMILES string of the molecule is CC(C)(C)OC(=O)NCC(=O)N1C[C@H](OCc2ccc(F)cc2)[C@@H]2[C@H]1CCN2C(=O)C(N)C(C)(C)C. The Balaban J connectivity index is 1.75. The van der Waals surface area contributed by atoms with Gasteiger partial charge >= 0.3 is 6.09 Å². The molecule has 2 fully saturated rings. The third kappa shape index (κ3) is 6.73. The monoisotopic (exact) mass is 506 g/mol. The van der Waals surface area contributed by atoms with Gasteiger partial charge in [-0.2, -0.15) is 0 Å². The van der Waals surface area contributed by atoms with Crippen molar-refractivity contribution in [2.45, 2.75) is 84.4 Å². The zero-order valence-electron chi connectivity index (χ0n) is 22.0. The van der Waals surface area contributed by atoms with Crippen LogP contribution in [0.2, 0.25) is 0 Å². The van der Waals surface area contributed by atoms with E-state index in [0.717, 1.165) is 5.56 Å². The van der Waals surface area contributed by atoms with Crippen molar-refractivity contribution < 1.29 is 28.2 Å². The number of rotatable bonds is 6. The highest BCUT2D eigenvalue weighted by Crippen LogP contribution is 2.35. The number of carbonyl (C=O) groups is 3. The Morgan fingerprint density at radius 2 is 1.75 bits per heavy atom. The Bertz CT molecular complexity index is 957. The normalized spacial score (nSPS) is 22.8. The summed E-state index contributed by atoms with van der Waals surface area (Å²) in [7, 11) is 0. The molecule has 0 radical (unpaired) electrons. The van der Waals surface area contributed by atoms with Gasteiger partial charge in [0.1, 0.15) is 18.0 Å². The van der Waals surface area contributed by atoms with Crippen LogP contribution in [0.1, 0.15) is 53.5 Å². The average molecular weight is 507 g/mol. The molecule has 4 atom stereocenters. The van der Waals surface area contributed by atoms with Gasteiger partial charge < -0.3 is 30.3 Å². The van der Waals surface area contributed by atoms with E-state index in [1.165, 1.54) is 12.1 Å². The van der Waals surface area contributed by atoms with E-state index in [2.05, 4.69) is 5.32 Å². The topological polar surface area (TPSA) is 114 Å². The van der Waals surface area contributed by atoms with E-state index in [-0.39, 0.29) is 49.4 Å². The summed E-state index contributed by atoms with van der Waals surface area (Å²) < 4.78 is 24.7. The molecule has 2 heterocycles. The molecule has 36 heavy (non-hydrogen) atoms. The maximum atomic E-state index is 13.3. The van der Waals surface area contributed by atoms with Crippen molar-refractivity contribution in [3.63, 3.8) is 0 Å². The van der Waals surface area contributed by atoms with Gasteiger partial charge in [0.2, 0.25) is 11.8 Å². The maximum absolute atomic E-state index is 13.3. The Labute approximate surface area is 212 Å². The molecule has 0 bridgehead atoms. The molecular formula is C26H39FN4O5. The molecule has 0 aromatic heterocycles.